The van der Waals surface area contributed by atoms with Crippen LogP contribution in [-0.4, -0.2) is 61.7 Å². The minimum Gasteiger partial charge on any atom is -0.341 e. The molecule has 166 valence electrons. The highest BCUT2D eigenvalue weighted by Gasteiger charge is 2.38. The number of nitrogens with zero attached hydrogens (tertiary/aromatic N) is 2. The van der Waals surface area contributed by atoms with Gasteiger partial charge < -0.3 is 9.80 Å². The van der Waals surface area contributed by atoms with Crippen LogP contribution in [0.2, 0.25) is 0 Å². The van der Waals surface area contributed by atoms with Crippen molar-refractivity contribution in [3.8, 4) is 0 Å². The van der Waals surface area contributed by atoms with Crippen molar-refractivity contribution in [3.05, 3.63) is 42.2 Å². The van der Waals surface area contributed by atoms with Crippen molar-refractivity contribution in [2.45, 2.75) is 49.6 Å². The van der Waals surface area contributed by atoms with Crippen LogP contribution in [0.25, 0.3) is 10.8 Å². The van der Waals surface area contributed by atoms with Crippen molar-refractivity contribution in [2.75, 3.05) is 19.6 Å². The van der Waals surface area contributed by atoms with E-state index in [4.69, 9.17) is 0 Å². The number of likely N-dealkylation sites (tertiary alicyclic amines) is 2. The van der Waals surface area contributed by atoms with Crippen LogP contribution < -0.4 is 4.72 Å². The number of hydrogen-bond acceptors (Lipinski definition) is 4. The molecule has 31 heavy (non-hydrogen) atoms. The van der Waals surface area contributed by atoms with Crippen LogP contribution in [0, 0.1) is 5.82 Å². The van der Waals surface area contributed by atoms with E-state index in [0.29, 0.717) is 43.2 Å². The first-order chi connectivity index (χ1) is 14.7. The van der Waals surface area contributed by atoms with Crippen molar-refractivity contribution in [1.29, 1.82) is 0 Å². The zero-order valence-electron chi connectivity index (χ0n) is 17.4. The van der Waals surface area contributed by atoms with Gasteiger partial charge >= 0.3 is 0 Å². The summed E-state index contributed by atoms with van der Waals surface area (Å²) in [5, 5.41) is 1.20. The number of benzene rings is 2. The lowest BCUT2D eigenvalue weighted by Crippen LogP contribution is -2.49. The molecule has 2 fully saturated rings. The summed E-state index contributed by atoms with van der Waals surface area (Å²) >= 11 is 0. The lowest BCUT2D eigenvalue weighted by Gasteiger charge is -2.33. The molecule has 0 spiro atoms. The summed E-state index contributed by atoms with van der Waals surface area (Å²) in [6.45, 7) is 3.49. The Balaban J connectivity index is 1.44. The molecular weight excluding hydrogens is 421 g/mol. The van der Waals surface area contributed by atoms with Gasteiger partial charge in [0.1, 0.15) is 11.9 Å². The highest BCUT2D eigenvalue weighted by Crippen LogP contribution is 2.23. The van der Waals surface area contributed by atoms with Gasteiger partial charge in [0.2, 0.25) is 21.8 Å². The van der Waals surface area contributed by atoms with Crippen molar-refractivity contribution in [1.82, 2.24) is 14.5 Å². The van der Waals surface area contributed by atoms with Crippen LogP contribution in [0.15, 0.2) is 41.3 Å². The number of piperidine rings is 1. The van der Waals surface area contributed by atoms with Gasteiger partial charge in [-0.2, -0.15) is 4.72 Å². The molecule has 2 amide bonds. The molecule has 2 atom stereocenters. The van der Waals surface area contributed by atoms with Crippen LogP contribution in [0.4, 0.5) is 4.39 Å². The van der Waals surface area contributed by atoms with Crippen molar-refractivity contribution < 1.29 is 22.4 Å². The second kappa shape index (κ2) is 8.55. The molecule has 2 aromatic rings. The standard InChI is InChI=1S/C22H26FN3O4S/c1-15(14-25-10-3-2-4-21(25)27)26-11-9-20(22(26)28)24-31(29,30)19-8-6-16-12-18(23)7-5-17(16)13-19/h5-8,12-13,15,20,24H,2-4,9-11,14H2,1H3/t15-,20-/m0/s1. The van der Waals surface area contributed by atoms with Crippen molar-refractivity contribution >= 4 is 32.6 Å². The van der Waals surface area contributed by atoms with Gasteiger partial charge in [-0.3, -0.25) is 9.59 Å². The first kappa shape index (κ1) is 21.7. The highest BCUT2D eigenvalue weighted by atomic mass is 32.2. The fourth-order valence-electron chi connectivity index (χ4n) is 4.34. The second-order valence-electron chi connectivity index (χ2n) is 8.29. The molecule has 0 aliphatic carbocycles. The molecule has 0 radical (unpaired) electrons. The molecule has 2 aliphatic heterocycles. The summed E-state index contributed by atoms with van der Waals surface area (Å²) in [7, 11) is -3.92. The largest absolute Gasteiger partial charge is 0.341 e. The molecule has 2 aliphatic rings. The molecule has 0 saturated carbocycles. The first-order valence-corrected chi connectivity index (χ1v) is 12.0. The molecule has 0 aromatic heterocycles. The maximum atomic E-state index is 13.4. The molecule has 7 nitrogen and oxygen atoms in total. The number of carbonyl (C=O) groups is 2. The Kier molecular flexibility index (Phi) is 5.98. The Labute approximate surface area is 181 Å². The Bertz CT molecular complexity index is 1120. The molecule has 0 unspecified atom stereocenters. The van der Waals surface area contributed by atoms with Crippen LogP contribution in [0.3, 0.4) is 0 Å². The number of halogens is 1. The molecule has 2 aromatic carbocycles. The van der Waals surface area contributed by atoms with E-state index in [-0.39, 0.29) is 22.8 Å². The lowest BCUT2D eigenvalue weighted by molar-refractivity contribution is -0.137. The molecule has 2 saturated heterocycles. The summed E-state index contributed by atoms with van der Waals surface area (Å²) in [6.07, 6.45) is 2.78. The average Bonchev–Trinajstić information content (AvgIpc) is 3.09. The lowest BCUT2D eigenvalue weighted by atomic mass is 10.1. The van der Waals surface area contributed by atoms with E-state index in [1.807, 2.05) is 6.92 Å². The topological polar surface area (TPSA) is 86.8 Å². The summed E-state index contributed by atoms with van der Waals surface area (Å²) < 4.78 is 41.6. The number of hydrogen-bond donors (Lipinski definition) is 1. The smallest absolute Gasteiger partial charge is 0.241 e. The predicted molar refractivity (Wildman–Crippen MR) is 114 cm³/mol. The second-order valence-corrected chi connectivity index (χ2v) is 10.0. The Morgan fingerprint density at radius 2 is 1.84 bits per heavy atom. The van der Waals surface area contributed by atoms with Gasteiger partial charge in [0.15, 0.2) is 0 Å². The SMILES string of the molecule is C[C@@H](CN1CCCCC1=O)N1CC[C@H](NS(=O)(=O)c2ccc3cc(F)ccc3c2)C1=O. The van der Waals surface area contributed by atoms with E-state index in [9.17, 15) is 22.4 Å². The molecule has 2 heterocycles. The van der Waals surface area contributed by atoms with E-state index >= 15 is 0 Å². The molecular formula is C22H26FN3O4S. The summed E-state index contributed by atoms with van der Waals surface area (Å²) in [5.41, 5.74) is 0. The number of sulfonamides is 1. The fourth-order valence-corrected chi connectivity index (χ4v) is 5.60. The summed E-state index contributed by atoms with van der Waals surface area (Å²) in [4.78, 5) is 28.4. The molecule has 9 heteroatoms. The number of fused-ring (bicyclic) bond motifs is 1. The van der Waals surface area contributed by atoms with Crippen LogP contribution >= 0.6 is 0 Å². The van der Waals surface area contributed by atoms with Crippen molar-refractivity contribution in [3.63, 3.8) is 0 Å². The third kappa shape index (κ3) is 4.57. The van der Waals surface area contributed by atoms with Gasteiger partial charge in [-0.05, 0) is 61.2 Å². The number of amides is 2. The maximum absolute atomic E-state index is 13.4. The van der Waals surface area contributed by atoms with E-state index in [1.165, 1.54) is 30.3 Å². The Morgan fingerprint density at radius 3 is 2.61 bits per heavy atom. The Morgan fingerprint density at radius 1 is 1.10 bits per heavy atom. The Hall–Kier alpha value is -2.52. The monoisotopic (exact) mass is 447 g/mol. The summed E-state index contributed by atoms with van der Waals surface area (Å²) in [6, 6.07) is 7.55. The quantitative estimate of drug-likeness (QED) is 0.736. The average molecular weight is 448 g/mol. The van der Waals surface area contributed by atoms with E-state index in [0.717, 1.165) is 12.8 Å². The molecule has 0 bridgehead atoms. The van der Waals surface area contributed by atoms with Crippen LogP contribution in [0.5, 0.6) is 0 Å². The van der Waals surface area contributed by atoms with Crippen LogP contribution in [0.1, 0.15) is 32.6 Å². The van der Waals surface area contributed by atoms with E-state index in [1.54, 1.807) is 15.9 Å². The molecule has 1 N–H and O–H groups in total. The van der Waals surface area contributed by atoms with Gasteiger partial charge in [-0.15, -0.1) is 0 Å². The van der Waals surface area contributed by atoms with Gasteiger partial charge in [0, 0.05) is 32.1 Å². The summed E-state index contributed by atoms with van der Waals surface area (Å²) in [5.74, 6) is -0.556. The normalized spacial score (nSPS) is 21.2. The van der Waals surface area contributed by atoms with Gasteiger partial charge in [-0.25, -0.2) is 12.8 Å². The number of nitrogens with one attached hydrogen (secondary N) is 1. The van der Waals surface area contributed by atoms with Gasteiger partial charge in [0.05, 0.1) is 4.90 Å². The van der Waals surface area contributed by atoms with Crippen LogP contribution in [-0.2, 0) is 19.6 Å². The van der Waals surface area contributed by atoms with Gasteiger partial charge in [-0.1, -0.05) is 12.1 Å². The highest BCUT2D eigenvalue weighted by molar-refractivity contribution is 7.89. The van der Waals surface area contributed by atoms with Gasteiger partial charge in [0.25, 0.3) is 0 Å². The third-order valence-electron chi connectivity index (χ3n) is 6.06. The zero-order valence-corrected chi connectivity index (χ0v) is 18.2. The zero-order chi connectivity index (χ0) is 22.2. The predicted octanol–water partition coefficient (Wildman–Crippen LogP) is 2.26. The van der Waals surface area contributed by atoms with E-state index < -0.39 is 21.9 Å². The first-order valence-electron chi connectivity index (χ1n) is 10.5. The fraction of sp³-hybridized carbons (Fsp3) is 0.455. The third-order valence-corrected chi connectivity index (χ3v) is 7.53. The van der Waals surface area contributed by atoms with E-state index in [2.05, 4.69) is 4.72 Å². The minimum absolute atomic E-state index is 0.0322. The van der Waals surface area contributed by atoms with Crippen molar-refractivity contribution in [2.24, 2.45) is 0 Å². The minimum atomic E-state index is -3.92. The number of carbonyl (C=O) groups excluding carboxylic acids is 2. The number of rotatable bonds is 6. The maximum Gasteiger partial charge on any atom is 0.241 e. The molecule has 4 rings (SSSR count).